The Morgan fingerprint density at radius 1 is 1.11 bits per heavy atom. The van der Waals surface area contributed by atoms with Gasteiger partial charge in [-0.3, -0.25) is 19.1 Å². The quantitative estimate of drug-likeness (QED) is 0.739. The Labute approximate surface area is 162 Å². The molecule has 0 aliphatic carbocycles. The van der Waals surface area contributed by atoms with Crippen molar-refractivity contribution in [2.24, 2.45) is 0 Å². The molecule has 8 heteroatoms. The Balaban J connectivity index is 1.57. The van der Waals surface area contributed by atoms with E-state index in [1.54, 1.807) is 30.7 Å². The normalized spacial score (nSPS) is 15.3. The third-order valence-electron chi connectivity index (χ3n) is 5.10. The molecule has 0 spiro atoms. The van der Waals surface area contributed by atoms with Gasteiger partial charge in [0.1, 0.15) is 0 Å². The maximum atomic E-state index is 13.3. The van der Waals surface area contributed by atoms with E-state index in [0.29, 0.717) is 29.9 Å². The monoisotopic (exact) mass is 392 g/mol. The molecule has 0 atom stereocenters. The summed E-state index contributed by atoms with van der Waals surface area (Å²) in [7, 11) is -3.76. The number of nitrogens with one attached hydrogen (secondary N) is 1. The number of sulfonamides is 1. The molecule has 7 nitrogen and oxygen atoms in total. The van der Waals surface area contributed by atoms with Gasteiger partial charge in [0.05, 0.1) is 28.9 Å². The number of hydrogen-bond acceptors (Lipinski definition) is 5. The average Bonchev–Trinajstić information content (AvgIpc) is 3.30. The van der Waals surface area contributed by atoms with Gasteiger partial charge in [-0.1, -0.05) is 6.07 Å². The van der Waals surface area contributed by atoms with Crippen LogP contribution in [0.5, 0.6) is 0 Å². The van der Waals surface area contributed by atoms with Gasteiger partial charge in [-0.15, -0.1) is 0 Å². The van der Waals surface area contributed by atoms with E-state index in [2.05, 4.69) is 15.3 Å². The minimum atomic E-state index is -3.76. The average molecular weight is 392 g/mol. The topological polar surface area (TPSA) is 92.3 Å². The van der Waals surface area contributed by atoms with Crippen LogP contribution in [0.4, 0.5) is 11.4 Å². The van der Waals surface area contributed by atoms with Crippen LogP contribution in [0.25, 0.3) is 11.3 Å². The van der Waals surface area contributed by atoms with Crippen molar-refractivity contribution >= 4 is 27.3 Å². The predicted molar refractivity (Wildman–Crippen MR) is 104 cm³/mol. The van der Waals surface area contributed by atoms with E-state index in [9.17, 15) is 13.2 Å². The second-order valence-electron chi connectivity index (χ2n) is 6.77. The lowest BCUT2D eigenvalue weighted by Crippen LogP contribution is -2.29. The third kappa shape index (κ3) is 2.56. The van der Waals surface area contributed by atoms with Crippen molar-refractivity contribution in [2.45, 2.75) is 17.7 Å². The zero-order chi connectivity index (χ0) is 19.3. The van der Waals surface area contributed by atoms with Crippen LogP contribution in [0.1, 0.15) is 11.1 Å². The molecule has 3 aromatic rings. The molecule has 4 heterocycles. The van der Waals surface area contributed by atoms with Crippen molar-refractivity contribution in [1.82, 2.24) is 9.97 Å². The molecule has 2 aliphatic rings. The van der Waals surface area contributed by atoms with Crippen LogP contribution in [-0.4, -0.2) is 30.8 Å². The Kier molecular flexibility index (Phi) is 3.70. The lowest BCUT2D eigenvalue weighted by atomic mass is 10.0. The summed E-state index contributed by atoms with van der Waals surface area (Å²) < 4.78 is 28.0. The Hall–Kier alpha value is -3.26. The van der Waals surface area contributed by atoms with E-state index in [0.717, 1.165) is 16.8 Å². The fourth-order valence-corrected chi connectivity index (χ4v) is 5.31. The van der Waals surface area contributed by atoms with Gasteiger partial charge in [0.25, 0.3) is 10.0 Å². The van der Waals surface area contributed by atoms with Crippen molar-refractivity contribution in [1.29, 1.82) is 0 Å². The summed E-state index contributed by atoms with van der Waals surface area (Å²) in [6.07, 6.45) is 5.81. The number of benzene rings is 1. The van der Waals surface area contributed by atoms with Crippen LogP contribution in [0, 0.1) is 0 Å². The number of amides is 1. The van der Waals surface area contributed by atoms with Gasteiger partial charge < -0.3 is 5.32 Å². The summed E-state index contributed by atoms with van der Waals surface area (Å²) in [6.45, 7) is 0.345. The first-order valence-corrected chi connectivity index (χ1v) is 10.3. The maximum Gasteiger partial charge on any atom is 0.264 e. The van der Waals surface area contributed by atoms with Crippen molar-refractivity contribution in [3.05, 3.63) is 66.1 Å². The van der Waals surface area contributed by atoms with E-state index in [-0.39, 0.29) is 17.2 Å². The van der Waals surface area contributed by atoms with E-state index in [4.69, 9.17) is 0 Å². The van der Waals surface area contributed by atoms with Crippen LogP contribution in [0.2, 0.25) is 0 Å². The van der Waals surface area contributed by atoms with Gasteiger partial charge in [-0.2, -0.15) is 0 Å². The molecule has 2 aromatic heterocycles. The summed E-state index contributed by atoms with van der Waals surface area (Å²) in [5, 5.41) is 2.72. The molecule has 0 saturated carbocycles. The molecule has 0 radical (unpaired) electrons. The van der Waals surface area contributed by atoms with Gasteiger partial charge >= 0.3 is 0 Å². The predicted octanol–water partition coefficient (Wildman–Crippen LogP) is 2.39. The first-order valence-electron chi connectivity index (χ1n) is 8.88. The summed E-state index contributed by atoms with van der Waals surface area (Å²) in [4.78, 5) is 20.4. The first kappa shape index (κ1) is 16.9. The highest BCUT2D eigenvalue weighted by molar-refractivity contribution is 7.92. The van der Waals surface area contributed by atoms with Gasteiger partial charge in [0.2, 0.25) is 5.91 Å². The minimum Gasteiger partial charge on any atom is -0.326 e. The van der Waals surface area contributed by atoms with E-state index in [1.807, 2.05) is 18.2 Å². The van der Waals surface area contributed by atoms with E-state index < -0.39 is 10.0 Å². The van der Waals surface area contributed by atoms with Crippen LogP contribution >= 0.6 is 0 Å². The molecule has 5 rings (SSSR count). The number of nitrogens with zero attached hydrogens (tertiary/aromatic N) is 3. The summed E-state index contributed by atoms with van der Waals surface area (Å²) in [6, 6.07) is 10.4. The highest BCUT2D eigenvalue weighted by Crippen LogP contribution is 2.38. The molecule has 1 N–H and O–H groups in total. The molecule has 140 valence electrons. The number of carbonyl (C=O) groups is 1. The van der Waals surface area contributed by atoms with Crippen LogP contribution in [0.15, 0.2) is 59.9 Å². The number of pyridine rings is 2. The lowest BCUT2D eigenvalue weighted by molar-refractivity contribution is -0.115. The molecular formula is C20H16N4O3S. The smallest absolute Gasteiger partial charge is 0.264 e. The molecule has 28 heavy (non-hydrogen) atoms. The van der Waals surface area contributed by atoms with Gasteiger partial charge in [-0.25, -0.2) is 8.42 Å². The van der Waals surface area contributed by atoms with E-state index in [1.165, 1.54) is 10.4 Å². The SMILES string of the molecule is O=C1Cc2cc(S(=O)(=O)N3CCc4c(-c5ccccn5)cncc43)ccc2N1. The van der Waals surface area contributed by atoms with E-state index >= 15 is 0 Å². The van der Waals surface area contributed by atoms with Crippen LogP contribution < -0.4 is 9.62 Å². The summed E-state index contributed by atoms with van der Waals surface area (Å²) in [5.74, 6) is -0.125. The third-order valence-corrected chi connectivity index (χ3v) is 6.91. The van der Waals surface area contributed by atoms with Crippen LogP contribution in [0.3, 0.4) is 0 Å². The number of fused-ring (bicyclic) bond motifs is 2. The molecule has 2 aliphatic heterocycles. The highest BCUT2D eigenvalue weighted by Gasteiger charge is 2.33. The molecule has 0 unspecified atom stereocenters. The number of carbonyl (C=O) groups excluding carboxylic acids is 1. The number of aromatic nitrogens is 2. The number of rotatable bonds is 3. The Bertz CT molecular complexity index is 1210. The zero-order valence-corrected chi connectivity index (χ0v) is 15.6. The second-order valence-corrected chi connectivity index (χ2v) is 8.63. The largest absolute Gasteiger partial charge is 0.326 e. The van der Waals surface area contributed by atoms with Gasteiger partial charge in [0, 0.05) is 30.2 Å². The fourth-order valence-electron chi connectivity index (χ4n) is 3.77. The summed E-state index contributed by atoms with van der Waals surface area (Å²) >= 11 is 0. The van der Waals surface area contributed by atoms with Gasteiger partial charge in [0.15, 0.2) is 0 Å². The Morgan fingerprint density at radius 3 is 2.82 bits per heavy atom. The lowest BCUT2D eigenvalue weighted by Gasteiger charge is -2.20. The fraction of sp³-hybridized carbons (Fsp3) is 0.150. The van der Waals surface area contributed by atoms with Crippen molar-refractivity contribution in [3.63, 3.8) is 0 Å². The number of hydrogen-bond donors (Lipinski definition) is 1. The molecule has 0 fully saturated rings. The minimum absolute atomic E-state index is 0.125. The zero-order valence-electron chi connectivity index (χ0n) is 14.8. The molecule has 0 bridgehead atoms. The highest BCUT2D eigenvalue weighted by atomic mass is 32.2. The number of anilines is 2. The molecule has 1 amide bonds. The summed E-state index contributed by atoms with van der Waals surface area (Å²) in [5.41, 5.74) is 4.50. The Morgan fingerprint density at radius 2 is 2.00 bits per heavy atom. The molecule has 1 aromatic carbocycles. The van der Waals surface area contributed by atoms with Crippen LogP contribution in [-0.2, 0) is 27.7 Å². The second kappa shape index (κ2) is 6.13. The maximum absolute atomic E-state index is 13.3. The molecular weight excluding hydrogens is 376 g/mol. The first-order chi connectivity index (χ1) is 13.5. The van der Waals surface area contributed by atoms with Crippen molar-refractivity contribution in [3.8, 4) is 11.3 Å². The molecule has 0 saturated heterocycles. The van der Waals surface area contributed by atoms with Gasteiger partial charge in [-0.05, 0) is 47.9 Å². The van der Waals surface area contributed by atoms with Crippen molar-refractivity contribution < 1.29 is 13.2 Å². The van der Waals surface area contributed by atoms with Crippen molar-refractivity contribution in [2.75, 3.05) is 16.2 Å². The standard InChI is InChI=1S/C20H16N4O3S/c25-20-10-13-9-14(4-5-17(13)23-20)28(26,27)24-8-6-15-16(11-21-12-19(15)24)18-3-1-2-7-22-18/h1-5,7,9,11-12H,6,8,10H2,(H,23,25).